The first-order chi connectivity index (χ1) is 14.4. The second kappa shape index (κ2) is 8.13. The van der Waals surface area contributed by atoms with E-state index in [0.717, 1.165) is 18.2 Å². The third-order valence-corrected chi connectivity index (χ3v) is 5.42. The van der Waals surface area contributed by atoms with Crippen LogP contribution in [0.5, 0.6) is 0 Å². The van der Waals surface area contributed by atoms with E-state index in [1.54, 1.807) is 6.21 Å². The van der Waals surface area contributed by atoms with Crippen LogP contribution in [-0.4, -0.2) is 46.1 Å². The summed E-state index contributed by atoms with van der Waals surface area (Å²) in [6.45, 7) is 1.09. The summed E-state index contributed by atoms with van der Waals surface area (Å²) in [5.74, 6) is -1.74. The van der Waals surface area contributed by atoms with Crippen LogP contribution in [0.25, 0.3) is 0 Å². The molecule has 2 aliphatic heterocycles. The molecule has 2 aliphatic rings. The Morgan fingerprint density at radius 3 is 2.47 bits per heavy atom. The number of carbonyl (C=O) groups excluding carboxylic acids is 2. The van der Waals surface area contributed by atoms with Gasteiger partial charge in [-0.25, -0.2) is 23.8 Å². The highest BCUT2D eigenvalue weighted by Crippen LogP contribution is 2.33. The molecule has 156 valence electrons. The van der Waals surface area contributed by atoms with Gasteiger partial charge in [-0.1, -0.05) is 0 Å². The van der Waals surface area contributed by atoms with Gasteiger partial charge in [-0.3, -0.25) is 9.59 Å². The van der Waals surface area contributed by atoms with E-state index in [4.69, 9.17) is 5.73 Å². The lowest BCUT2D eigenvalue weighted by Gasteiger charge is -2.33. The van der Waals surface area contributed by atoms with E-state index >= 15 is 0 Å². The highest BCUT2D eigenvalue weighted by atomic mass is 19.1. The molecule has 0 saturated carbocycles. The Kier molecular flexibility index (Phi) is 5.39. The Labute approximate surface area is 171 Å². The molecule has 2 amide bonds. The molecule has 30 heavy (non-hydrogen) atoms. The molecular formula is C20H20F2N6O2. The third-order valence-electron chi connectivity index (χ3n) is 5.42. The molecule has 0 radical (unpaired) electrons. The van der Waals surface area contributed by atoms with Gasteiger partial charge in [0, 0.05) is 49.6 Å². The van der Waals surface area contributed by atoms with E-state index in [1.807, 2.05) is 4.90 Å². The van der Waals surface area contributed by atoms with Crippen molar-refractivity contribution in [2.45, 2.75) is 25.3 Å². The molecule has 1 saturated heterocycles. The van der Waals surface area contributed by atoms with Crippen molar-refractivity contribution >= 4 is 24.0 Å². The summed E-state index contributed by atoms with van der Waals surface area (Å²) in [5, 5.41) is 5.40. The van der Waals surface area contributed by atoms with E-state index < -0.39 is 23.6 Å². The lowest BCUT2D eigenvalue weighted by molar-refractivity contribution is -0.138. The molecule has 1 fully saturated rings. The predicted molar refractivity (Wildman–Crippen MR) is 105 cm³/mol. The van der Waals surface area contributed by atoms with Crippen LogP contribution in [-0.2, 0) is 4.79 Å². The van der Waals surface area contributed by atoms with E-state index in [1.165, 1.54) is 17.4 Å². The molecule has 0 aliphatic carbocycles. The molecule has 2 aromatic rings. The topological polar surface area (TPSA) is 105 Å². The maximum absolute atomic E-state index is 14.2. The van der Waals surface area contributed by atoms with Gasteiger partial charge in [0.15, 0.2) is 0 Å². The number of primary amides is 1. The summed E-state index contributed by atoms with van der Waals surface area (Å²) < 4.78 is 27.8. The quantitative estimate of drug-likeness (QED) is 0.824. The second-order valence-corrected chi connectivity index (χ2v) is 7.30. The highest BCUT2D eigenvalue weighted by molar-refractivity contribution is 5.92. The van der Waals surface area contributed by atoms with E-state index in [2.05, 4.69) is 15.1 Å². The monoisotopic (exact) mass is 414 g/mol. The van der Waals surface area contributed by atoms with Gasteiger partial charge < -0.3 is 10.6 Å². The number of hydrogen-bond acceptors (Lipinski definition) is 6. The normalized spacial score (nSPS) is 19.3. The van der Waals surface area contributed by atoms with E-state index in [0.29, 0.717) is 38.3 Å². The fraction of sp³-hybridized carbons (Fsp3) is 0.350. The Balaban J connectivity index is 1.42. The van der Waals surface area contributed by atoms with Crippen LogP contribution in [0.4, 0.5) is 14.7 Å². The Morgan fingerprint density at radius 2 is 1.80 bits per heavy atom. The van der Waals surface area contributed by atoms with E-state index in [9.17, 15) is 18.4 Å². The number of piperidine rings is 1. The number of halogens is 2. The van der Waals surface area contributed by atoms with E-state index in [-0.39, 0.29) is 23.0 Å². The van der Waals surface area contributed by atoms with Crippen LogP contribution in [0.2, 0.25) is 0 Å². The van der Waals surface area contributed by atoms with Gasteiger partial charge in [-0.15, -0.1) is 0 Å². The molecule has 10 heteroatoms. The first-order valence-electron chi connectivity index (χ1n) is 9.61. The van der Waals surface area contributed by atoms with Crippen molar-refractivity contribution in [1.29, 1.82) is 0 Å². The number of hydrazone groups is 1. The fourth-order valence-corrected chi connectivity index (χ4v) is 3.78. The first kappa shape index (κ1) is 19.9. The minimum atomic E-state index is -0.643. The molecule has 4 rings (SSSR count). The summed E-state index contributed by atoms with van der Waals surface area (Å²) in [6.07, 6.45) is 5.73. The van der Waals surface area contributed by atoms with Gasteiger partial charge in [0.1, 0.15) is 11.6 Å². The predicted octanol–water partition coefficient (Wildman–Crippen LogP) is 2.03. The van der Waals surface area contributed by atoms with Crippen molar-refractivity contribution in [3.63, 3.8) is 0 Å². The van der Waals surface area contributed by atoms with Crippen molar-refractivity contribution < 1.29 is 18.4 Å². The molecule has 1 atom stereocenters. The number of amides is 2. The van der Waals surface area contributed by atoms with Crippen LogP contribution < -0.4 is 10.6 Å². The average Bonchev–Trinajstić information content (AvgIpc) is 3.25. The number of nitrogens with two attached hydrogens (primary N) is 1. The number of nitrogens with zero attached hydrogens (tertiary/aromatic N) is 5. The minimum absolute atomic E-state index is 0.126. The first-order valence-corrected chi connectivity index (χ1v) is 9.61. The van der Waals surface area contributed by atoms with Crippen LogP contribution in [0.15, 0.2) is 35.7 Å². The Morgan fingerprint density at radius 1 is 1.10 bits per heavy atom. The SMILES string of the molecule is NC(=O)c1cnc(N2CCC(C(=O)N3N=CCC3c3cc(F)ccc3F)CC2)nc1. The molecular weight excluding hydrogens is 394 g/mol. The molecule has 0 bridgehead atoms. The number of anilines is 1. The third kappa shape index (κ3) is 3.85. The summed E-state index contributed by atoms with van der Waals surface area (Å²) in [7, 11) is 0. The van der Waals surface area contributed by atoms with Gasteiger partial charge in [0.05, 0.1) is 11.6 Å². The summed E-state index contributed by atoms with van der Waals surface area (Å²) in [4.78, 5) is 34.4. The van der Waals surface area contributed by atoms with Crippen LogP contribution in [0.3, 0.4) is 0 Å². The van der Waals surface area contributed by atoms with Gasteiger partial charge in [0.25, 0.3) is 5.91 Å². The van der Waals surface area contributed by atoms with Gasteiger partial charge >= 0.3 is 0 Å². The van der Waals surface area contributed by atoms with Crippen LogP contribution in [0.1, 0.15) is 41.2 Å². The molecule has 3 heterocycles. The molecule has 8 nitrogen and oxygen atoms in total. The second-order valence-electron chi connectivity index (χ2n) is 7.30. The van der Waals surface area contributed by atoms with Crippen molar-refractivity contribution in [1.82, 2.24) is 15.0 Å². The maximum Gasteiger partial charge on any atom is 0.251 e. The zero-order valence-corrected chi connectivity index (χ0v) is 16.0. The fourth-order valence-electron chi connectivity index (χ4n) is 3.78. The van der Waals surface area contributed by atoms with Crippen LogP contribution in [0, 0.1) is 17.6 Å². The number of rotatable bonds is 4. The number of benzene rings is 1. The van der Waals surface area contributed by atoms with Crippen LogP contribution >= 0.6 is 0 Å². The standard InChI is InChI=1S/C20H20F2N6O2/c21-14-1-2-16(22)15(9-14)17-3-6-26-28(17)19(30)12-4-7-27(8-5-12)20-24-10-13(11-25-20)18(23)29/h1-2,6,9-12,17H,3-5,7-8H2,(H2,23,29). The lowest BCUT2D eigenvalue weighted by Crippen LogP contribution is -2.41. The Bertz CT molecular complexity index is 989. The molecule has 1 aromatic heterocycles. The highest BCUT2D eigenvalue weighted by Gasteiger charge is 2.36. The van der Waals surface area contributed by atoms with Gasteiger partial charge in [-0.05, 0) is 31.0 Å². The molecule has 2 N–H and O–H groups in total. The number of aromatic nitrogens is 2. The van der Waals surface area contributed by atoms with Crippen molar-refractivity contribution in [2.24, 2.45) is 16.8 Å². The summed E-state index contributed by atoms with van der Waals surface area (Å²) >= 11 is 0. The van der Waals surface area contributed by atoms with Crippen molar-refractivity contribution in [2.75, 3.05) is 18.0 Å². The lowest BCUT2D eigenvalue weighted by atomic mass is 9.94. The average molecular weight is 414 g/mol. The van der Waals surface area contributed by atoms with Crippen molar-refractivity contribution in [3.05, 3.63) is 53.4 Å². The summed E-state index contributed by atoms with van der Waals surface area (Å²) in [5.41, 5.74) is 5.55. The Hall–Kier alpha value is -3.43. The molecule has 1 unspecified atom stereocenters. The zero-order chi connectivity index (χ0) is 21.3. The van der Waals surface area contributed by atoms with Crippen molar-refractivity contribution in [3.8, 4) is 0 Å². The van der Waals surface area contributed by atoms with Gasteiger partial charge in [-0.2, -0.15) is 5.10 Å². The smallest absolute Gasteiger partial charge is 0.251 e. The number of carbonyl (C=O) groups is 2. The number of hydrogen-bond donors (Lipinski definition) is 1. The minimum Gasteiger partial charge on any atom is -0.366 e. The molecule has 1 aromatic carbocycles. The molecule has 0 spiro atoms. The zero-order valence-electron chi connectivity index (χ0n) is 16.0. The summed E-state index contributed by atoms with van der Waals surface area (Å²) in [6, 6.07) is 2.59. The van der Waals surface area contributed by atoms with Gasteiger partial charge in [0.2, 0.25) is 11.9 Å². The maximum atomic E-state index is 14.2. The largest absolute Gasteiger partial charge is 0.366 e.